The maximum atomic E-state index is 11.3. The van der Waals surface area contributed by atoms with Crippen molar-refractivity contribution in [1.29, 1.82) is 0 Å². The molecule has 0 aliphatic rings. The van der Waals surface area contributed by atoms with Crippen molar-refractivity contribution in [3.63, 3.8) is 0 Å². The molecule has 0 aromatic carbocycles. The molecule has 4 nitrogen and oxygen atoms in total. The van der Waals surface area contributed by atoms with E-state index in [9.17, 15) is 9.90 Å². The van der Waals surface area contributed by atoms with Gasteiger partial charge in [0.05, 0.1) is 0 Å². The van der Waals surface area contributed by atoms with Crippen LogP contribution in [0.4, 0.5) is 0 Å². The van der Waals surface area contributed by atoms with Crippen LogP contribution in [0.15, 0.2) is 0 Å². The van der Waals surface area contributed by atoms with Gasteiger partial charge in [-0.1, -0.05) is 26.7 Å². The summed E-state index contributed by atoms with van der Waals surface area (Å²) in [5.74, 6) is -0.735. The molecule has 0 fully saturated rings. The molecule has 0 aliphatic carbocycles. The lowest BCUT2D eigenvalue weighted by molar-refractivity contribution is -0.145. The van der Waals surface area contributed by atoms with E-state index in [0.717, 1.165) is 19.5 Å². The highest BCUT2D eigenvalue weighted by molar-refractivity contribution is 5.78. The second kappa shape index (κ2) is 9.34. The highest BCUT2D eigenvalue weighted by Crippen LogP contribution is 2.17. The fourth-order valence-electron chi connectivity index (χ4n) is 2.24. The van der Waals surface area contributed by atoms with Gasteiger partial charge in [-0.15, -0.1) is 0 Å². The summed E-state index contributed by atoms with van der Waals surface area (Å²) < 4.78 is 0. The molecule has 0 aromatic heterocycles. The Bertz CT molecular complexity index is 228. The van der Waals surface area contributed by atoms with E-state index in [0.29, 0.717) is 12.8 Å². The molecule has 1 atom stereocenters. The number of likely N-dealkylation sites (N-methyl/N-ethyl adjacent to an activating group) is 1. The van der Waals surface area contributed by atoms with Crippen molar-refractivity contribution >= 4 is 5.97 Å². The zero-order valence-corrected chi connectivity index (χ0v) is 12.5. The molecule has 0 aromatic rings. The summed E-state index contributed by atoms with van der Waals surface area (Å²) in [7, 11) is 3.85. The summed E-state index contributed by atoms with van der Waals surface area (Å²) in [6.45, 7) is 6.21. The van der Waals surface area contributed by atoms with Gasteiger partial charge in [0.1, 0.15) is 5.54 Å². The van der Waals surface area contributed by atoms with E-state index in [2.05, 4.69) is 24.2 Å². The van der Waals surface area contributed by atoms with Crippen molar-refractivity contribution in [2.24, 2.45) is 0 Å². The maximum absolute atomic E-state index is 11.3. The molecule has 2 N–H and O–H groups in total. The quantitative estimate of drug-likeness (QED) is 0.559. The lowest BCUT2D eigenvalue weighted by Crippen LogP contribution is -2.50. The van der Waals surface area contributed by atoms with E-state index in [1.54, 1.807) is 7.05 Å². The lowest BCUT2D eigenvalue weighted by atomic mass is 9.90. The number of aliphatic carboxylic acids is 1. The number of hydrogen-bond acceptors (Lipinski definition) is 3. The van der Waals surface area contributed by atoms with Gasteiger partial charge in [-0.05, 0) is 52.9 Å². The predicted octanol–water partition coefficient (Wildman–Crippen LogP) is 2.34. The third kappa shape index (κ3) is 5.83. The van der Waals surface area contributed by atoms with Crippen LogP contribution in [0.5, 0.6) is 0 Å². The van der Waals surface area contributed by atoms with E-state index in [1.807, 2.05) is 6.92 Å². The summed E-state index contributed by atoms with van der Waals surface area (Å²) in [5.41, 5.74) is -0.746. The number of rotatable bonds is 11. The Labute approximate surface area is 112 Å². The number of carboxylic acids is 1. The van der Waals surface area contributed by atoms with Crippen LogP contribution in [0.1, 0.15) is 52.4 Å². The van der Waals surface area contributed by atoms with Gasteiger partial charge in [-0.25, -0.2) is 0 Å². The monoisotopic (exact) mass is 258 g/mol. The average Bonchev–Trinajstić information content (AvgIpc) is 2.35. The summed E-state index contributed by atoms with van der Waals surface area (Å²) >= 11 is 0. The van der Waals surface area contributed by atoms with Gasteiger partial charge in [0.15, 0.2) is 0 Å². The molecule has 108 valence electrons. The van der Waals surface area contributed by atoms with Crippen LogP contribution in [-0.4, -0.2) is 48.7 Å². The number of nitrogens with zero attached hydrogens (tertiary/aromatic N) is 1. The van der Waals surface area contributed by atoms with Crippen LogP contribution in [0.2, 0.25) is 0 Å². The van der Waals surface area contributed by atoms with Crippen molar-refractivity contribution in [2.75, 3.05) is 27.2 Å². The molecule has 0 spiro atoms. The molecule has 0 bridgehead atoms. The number of carbonyl (C=O) groups is 1. The third-order valence-corrected chi connectivity index (χ3v) is 3.78. The first-order valence-electron chi connectivity index (χ1n) is 7.13. The fourth-order valence-corrected chi connectivity index (χ4v) is 2.24. The van der Waals surface area contributed by atoms with Crippen molar-refractivity contribution in [2.45, 2.75) is 57.9 Å². The molecular formula is C14H30N2O2. The fraction of sp³-hybridized carbons (Fsp3) is 0.929. The van der Waals surface area contributed by atoms with Gasteiger partial charge in [0.25, 0.3) is 0 Å². The van der Waals surface area contributed by atoms with E-state index in [-0.39, 0.29) is 0 Å². The molecule has 0 amide bonds. The first-order chi connectivity index (χ1) is 8.52. The molecule has 0 saturated carbocycles. The minimum absolute atomic E-state index is 0.623. The van der Waals surface area contributed by atoms with Gasteiger partial charge >= 0.3 is 5.97 Å². The highest BCUT2D eigenvalue weighted by Gasteiger charge is 2.34. The molecule has 18 heavy (non-hydrogen) atoms. The SMILES string of the molecule is CCCCCN(C)CCCC(CC)(NC)C(=O)O. The van der Waals surface area contributed by atoms with Crippen molar-refractivity contribution < 1.29 is 9.90 Å². The molecule has 0 radical (unpaired) electrons. The van der Waals surface area contributed by atoms with Crippen LogP contribution in [0.25, 0.3) is 0 Å². The molecule has 0 saturated heterocycles. The number of unbranched alkanes of at least 4 members (excludes halogenated alkanes) is 2. The van der Waals surface area contributed by atoms with Gasteiger partial charge in [0, 0.05) is 0 Å². The zero-order chi connectivity index (χ0) is 14.0. The molecule has 0 heterocycles. The minimum atomic E-state index is -0.746. The Hall–Kier alpha value is -0.610. The summed E-state index contributed by atoms with van der Waals surface area (Å²) in [5, 5.41) is 12.3. The normalized spacial score (nSPS) is 14.7. The molecular weight excluding hydrogens is 228 g/mol. The topological polar surface area (TPSA) is 52.6 Å². The van der Waals surface area contributed by atoms with Crippen molar-refractivity contribution in [3.8, 4) is 0 Å². The minimum Gasteiger partial charge on any atom is -0.480 e. The molecule has 1 unspecified atom stereocenters. The highest BCUT2D eigenvalue weighted by atomic mass is 16.4. The van der Waals surface area contributed by atoms with Gasteiger partial charge in [-0.2, -0.15) is 0 Å². The van der Waals surface area contributed by atoms with E-state index in [1.165, 1.54) is 19.3 Å². The Morgan fingerprint density at radius 3 is 2.28 bits per heavy atom. The number of nitrogens with one attached hydrogen (secondary N) is 1. The van der Waals surface area contributed by atoms with E-state index >= 15 is 0 Å². The van der Waals surface area contributed by atoms with Gasteiger partial charge < -0.3 is 15.3 Å². The van der Waals surface area contributed by atoms with Crippen LogP contribution in [0.3, 0.4) is 0 Å². The summed E-state index contributed by atoms with van der Waals surface area (Å²) in [6.07, 6.45) is 5.98. The van der Waals surface area contributed by atoms with Crippen molar-refractivity contribution in [1.82, 2.24) is 10.2 Å². The Balaban J connectivity index is 3.96. The second-order valence-electron chi connectivity index (χ2n) is 5.10. The van der Waals surface area contributed by atoms with Gasteiger partial charge in [0.2, 0.25) is 0 Å². The smallest absolute Gasteiger partial charge is 0.323 e. The van der Waals surface area contributed by atoms with Crippen LogP contribution in [-0.2, 0) is 4.79 Å². The molecule has 0 aliphatic heterocycles. The maximum Gasteiger partial charge on any atom is 0.323 e. The number of hydrogen-bond donors (Lipinski definition) is 2. The summed E-state index contributed by atoms with van der Waals surface area (Å²) in [6, 6.07) is 0. The number of carboxylic acid groups (broad SMARTS) is 1. The van der Waals surface area contributed by atoms with Gasteiger partial charge in [-0.3, -0.25) is 4.79 Å². The van der Waals surface area contributed by atoms with Crippen LogP contribution < -0.4 is 5.32 Å². The van der Waals surface area contributed by atoms with E-state index < -0.39 is 11.5 Å². The molecule has 0 rings (SSSR count). The molecule has 4 heteroatoms. The Morgan fingerprint density at radius 1 is 1.22 bits per heavy atom. The lowest BCUT2D eigenvalue weighted by Gasteiger charge is -2.28. The third-order valence-electron chi connectivity index (χ3n) is 3.78. The van der Waals surface area contributed by atoms with Crippen LogP contribution in [0, 0.1) is 0 Å². The second-order valence-corrected chi connectivity index (χ2v) is 5.10. The average molecular weight is 258 g/mol. The Kier molecular flexibility index (Phi) is 9.02. The zero-order valence-electron chi connectivity index (χ0n) is 12.5. The Morgan fingerprint density at radius 2 is 1.83 bits per heavy atom. The first-order valence-corrected chi connectivity index (χ1v) is 7.13. The van der Waals surface area contributed by atoms with E-state index in [4.69, 9.17) is 0 Å². The standard InChI is InChI=1S/C14H30N2O2/c1-5-7-8-11-16(4)12-9-10-14(6-2,15-3)13(17)18/h15H,5-12H2,1-4H3,(H,17,18). The van der Waals surface area contributed by atoms with Crippen LogP contribution >= 0.6 is 0 Å². The largest absolute Gasteiger partial charge is 0.480 e. The predicted molar refractivity (Wildman–Crippen MR) is 76.0 cm³/mol. The van der Waals surface area contributed by atoms with Crippen molar-refractivity contribution in [3.05, 3.63) is 0 Å². The first kappa shape index (κ1) is 17.4. The summed E-state index contributed by atoms with van der Waals surface area (Å²) in [4.78, 5) is 13.6.